The lowest BCUT2D eigenvalue weighted by molar-refractivity contribution is 0.0816. The van der Waals surface area contributed by atoms with Crippen molar-refractivity contribution in [3.8, 4) is 0 Å². The standard InChI is InChI=1S/C12H19N5O/c1-11(2)7-4-5-12(11,3)8(6-7)13-10(18)9-14-16-17-15-9/h7-8H,4-6H2,1-3H3,(H,13,18)(H,14,15,16,17). The fourth-order valence-electron chi connectivity index (χ4n) is 3.90. The molecule has 2 fully saturated rings. The van der Waals surface area contributed by atoms with E-state index < -0.39 is 0 Å². The number of tetrazole rings is 1. The average molecular weight is 249 g/mol. The van der Waals surface area contributed by atoms with Gasteiger partial charge in [0.15, 0.2) is 0 Å². The topological polar surface area (TPSA) is 83.6 Å². The smallest absolute Gasteiger partial charge is 0.293 e. The highest BCUT2D eigenvalue weighted by atomic mass is 16.2. The Morgan fingerprint density at radius 2 is 2.22 bits per heavy atom. The molecule has 1 heterocycles. The number of rotatable bonds is 2. The molecule has 0 saturated heterocycles. The summed E-state index contributed by atoms with van der Waals surface area (Å²) in [6.07, 6.45) is 3.52. The lowest BCUT2D eigenvalue weighted by Gasteiger charge is -2.39. The van der Waals surface area contributed by atoms with Crippen molar-refractivity contribution in [1.82, 2.24) is 25.9 Å². The molecule has 0 spiro atoms. The predicted molar refractivity (Wildman–Crippen MR) is 64.7 cm³/mol. The van der Waals surface area contributed by atoms with Crippen molar-refractivity contribution < 1.29 is 4.79 Å². The normalized spacial score (nSPS) is 36.8. The van der Waals surface area contributed by atoms with Crippen LogP contribution >= 0.6 is 0 Å². The van der Waals surface area contributed by atoms with E-state index in [0.717, 1.165) is 6.42 Å². The van der Waals surface area contributed by atoms with E-state index in [4.69, 9.17) is 0 Å². The second-order valence-corrected chi connectivity index (χ2v) is 6.37. The number of carbonyl (C=O) groups excluding carboxylic acids is 1. The molecule has 2 aliphatic carbocycles. The van der Waals surface area contributed by atoms with Crippen LogP contribution in [-0.2, 0) is 0 Å². The first-order valence-corrected chi connectivity index (χ1v) is 6.49. The van der Waals surface area contributed by atoms with E-state index >= 15 is 0 Å². The quantitative estimate of drug-likeness (QED) is 0.823. The first-order valence-electron chi connectivity index (χ1n) is 6.49. The Hall–Kier alpha value is -1.46. The summed E-state index contributed by atoms with van der Waals surface area (Å²) in [6.45, 7) is 6.94. The molecular formula is C12H19N5O. The van der Waals surface area contributed by atoms with Gasteiger partial charge in [0.1, 0.15) is 0 Å². The average Bonchev–Trinajstić information content (AvgIpc) is 2.95. The second-order valence-electron chi connectivity index (χ2n) is 6.37. The first kappa shape index (κ1) is 11.6. The number of H-pyrrole nitrogens is 1. The molecule has 3 rings (SSSR count). The summed E-state index contributed by atoms with van der Waals surface area (Å²) in [5.41, 5.74) is 0.471. The maximum atomic E-state index is 12.0. The van der Waals surface area contributed by atoms with E-state index in [1.54, 1.807) is 0 Å². The minimum absolute atomic E-state index is 0.124. The summed E-state index contributed by atoms with van der Waals surface area (Å²) >= 11 is 0. The van der Waals surface area contributed by atoms with Crippen LogP contribution in [-0.4, -0.2) is 32.6 Å². The SMILES string of the molecule is CC1(C)C2CCC1(C)C(NC(=O)c1nn[nH]n1)C2. The number of nitrogens with one attached hydrogen (secondary N) is 2. The van der Waals surface area contributed by atoms with Gasteiger partial charge < -0.3 is 5.32 Å². The molecule has 0 radical (unpaired) electrons. The predicted octanol–water partition coefficient (Wildman–Crippen LogP) is 1.14. The van der Waals surface area contributed by atoms with Crippen molar-refractivity contribution in [2.24, 2.45) is 16.7 Å². The number of amides is 1. The Morgan fingerprint density at radius 3 is 2.72 bits per heavy atom. The van der Waals surface area contributed by atoms with Gasteiger partial charge in [-0.1, -0.05) is 20.8 Å². The molecule has 0 aromatic carbocycles. The van der Waals surface area contributed by atoms with Crippen molar-refractivity contribution >= 4 is 5.91 Å². The summed E-state index contributed by atoms with van der Waals surface area (Å²) in [5.74, 6) is 0.607. The largest absolute Gasteiger partial charge is 0.346 e. The molecule has 6 heteroatoms. The third kappa shape index (κ3) is 1.34. The van der Waals surface area contributed by atoms with Gasteiger partial charge in [0.05, 0.1) is 0 Å². The Morgan fingerprint density at radius 1 is 1.44 bits per heavy atom. The van der Waals surface area contributed by atoms with Crippen molar-refractivity contribution in [3.63, 3.8) is 0 Å². The molecule has 1 amide bonds. The maximum Gasteiger partial charge on any atom is 0.293 e. The molecule has 2 saturated carbocycles. The molecule has 3 unspecified atom stereocenters. The fraction of sp³-hybridized carbons (Fsp3) is 0.833. The van der Waals surface area contributed by atoms with Crippen LogP contribution in [0.5, 0.6) is 0 Å². The highest BCUT2D eigenvalue weighted by Gasteiger charge is 2.61. The van der Waals surface area contributed by atoms with E-state index in [2.05, 4.69) is 46.7 Å². The van der Waals surface area contributed by atoms with E-state index in [9.17, 15) is 4.79 Å². The lowest BCUT2D eigenvalue weighted by Crippen LogP contribution is -2.47. The Bertz CT molecular complexity index is 469. The molecule has 1 aromatic heterocycles. The molecule has 98 valence electrons. The third-order valence-corrected chi connectivity index (χ3v) is 5.65. The van der Waals surface area contributed by atoms with Gasteiger partial charge in [-0.15, -0.1) is 10.2 Å². The van der Waals surface area contributed by atoms with Crippen molar-refractivity contribution in [2.75, 3.05) is 0 Å². The molecule has 0 aliphatic heterocycles. The highest BCUT2D eigenvalue weighted by molar-refractivity contribution is 5.90. The minimum atomic E-state index is -0.224. The number of aromatic amines is 1. The molecule has 3 atom stereocenters. The minimum Gasteiger partial charge on any atom is -0.346 e. The maximum absolute atomic E-state index is 12.0. The zero-order valence-electron chi connectivity index (χ0n) is 11.0. The van der Waals surface area contributed by atoms with Gasteiger partial charge in [0, 0.05) is 6.04 Å². The molecule has 18 heavy (non-hydrogen) atoms. The van der Waals surface area contributed by atoms with Gasteiger partial charge in [-0.2, -0.15) is 5.21 Å². The number of hydrogen-bond acceptors (Lipinski definition) is 4. The van der Waals surface area contributed by atoms with Gasteiger partial charge in [0.25, 0.3) is 11.7 Å². The lowest BCUT2D eigenvalue weighted by atomic mass is 9.69. The summed E-state index contributed by atoms with van der Waals surface area (Å²) in [4.78, 5) is 12.0. The van der Waals surface area contributed by atoms with Crippen LogP contribution in [0.3, 0.4) is 0 Å². The summed E-state index contributed by atoms with van der Waals surface area (Å²) in [7, 11) is 0. The first-order chi connectivity index (χ1) is 8.45. The molecule has 2 aliphatic rings. The van der Waals surface area contributed by atoms with Crippen LogP contribution in [0.25, 0.3) is 0 Å². The fourth-order valence-corrected chi connectivity index (χ4v) is 3.90. The number of aromatic nitrogens is 4. The van der Waals surface area contributed by atoms with Crippen LogP contribution in [0.15, 0.2) is 0 Å². The van der Waals surface area contributed by atoms with Crippen molar-refractivity contribution in [3.05, 3.63) is 5.82 Å². The molecule has 2 bridgehead atoms. The Labute approximate surface area is 106 Å². The van der Waals surface area contributed by atoms with Crippen LogP contribution in [0.1, 0.15) is 50.7 Å². The third-order valence-electron chi connectivity index (χ3n) is 5.65. The van der Waals surface area contributed by atoms with Gasteiger partial charge in [0.2, 0.25) is 0 Å². The monoisotopic (exact) mass is 249 g/mol. The Balaban J connectivity index is 1.78. The van der Waals surface area contributed by atoms with E-state index in [0.29, 0.717) is 11.3 Å². The summed E-state index contributed by atoms with van der Waals surface area (Å²) in [5, 5.41) is 16.2. The van der Waals surface area contributed by atoms with Crippen LogP contribution in [0.2, 0.25) is 0 Å². The molecular weight excluding hydrogens is 230 g/mol. The zero-order valence-corrected chi connectivity index (χ0v) is 11.0. The highest BCUT2D eigenvalue weighted by Crippen LogP contribution is 2.65. The van der Waals surface area contributed by atoms with Gasteiger partial charge in [-0.3, -0.25) is 4.79 Å². The zero-order chi connectivity index (χ0) is 13.0. The van der Waals surface area contributed by atoms with E-state index in [-0.39, 0.29) is 23.2 Å². The van der Waals surface area contributed by atoms with Gasteiger partial charge >= 0.3 is 0 Å². The second kappa shape index (κ2) is 3.52. The summed E-state index contributed by atoms with van der Waals surface area (Å²) in [6, 6.07) is 0.220. The molecule has 6 nitrogen and oxygen atoms in total. The van der Waals surface area contributed by atoms with Gasteiger partial charge in [-0.25, -0.2) is 0 Å². The molecule has 2 N–H and O–H groups in total. The number of nitrogens with zero attached hydrogens (tertiary/aromatic N) is 3. The van der Waals surface area contributed by atoms with Crippen molar-refractivity contribution in [2.45, 2.75) is 46.1 Å². The van der Waals surface area contributed by atoms with Crippen LogP contribution in [0, 0.1) is 16.7 Å². The van der Waals surface area contributed by atoms with E-state index in [1.165, 1.54) is 12.8 Å². The number of carbonyl (C=O) groups is 1. The molecule has 1 aromatic rings. The van der Waals surface area contributed by atoms with Crippen molar-refractivity contribution in [1.29, 1.82) is 0 Å². The number of fused-ring (bicyclic) bond motifs is 2. The van der Waals surface area contributed by atoms with Crippen LogP contribution < -0.4 is 5.32 Å². The van der Waals surface area contributed by atoms with Crippen LogP contribution in [0.4, 0.5) is 0 Å². The summed E-state index contributed by atoms with van der Waals surface area (Å²) < 4.78 is 0. The van der Waals surface area contributed by atoms with Gasteiger partial charge in [-0.05, 0) is 41.2 Å². The number of hydrogen-bond donors (Lipinski definition) is 2. The van der Waals surface area contributed by atoms with E-state index in [1.807, 2.05) is 0 Å². The Kier molecular flexibility index (Phi) is 2.27.